The maximum atomic E-state index is 12.7. The Morgan fingerprint density at radius 3 is 2.50 bits per heavy atom. The first-order chi connectivity index (χ1) is 12.1. The average molecular weight is 475 g/mol. The highest BCUT2D eigenvalue weighted by Crippen LogP contribution is 2.39. The molecule has 7 heteroatoms. The van der Waals surface area contributed by atoms with Crippen molar-refractivity contribution in [3.05, 3.63) is 12.2 Å². The summed E-state index contributed by atoms with van der Waals surface area (Å²) in [6.07, 6.45) is 9.95. The number of hydrogen-bond donors (Lipinski definition) is 1. The summed E-state index contributed by atoms with van der Waals surface area (Å²) in [7, 11) is 5.58. The molecular weight excluding hydrogens is 441 g/mol. The van der Waals surface area contributed by atoms with Crippen LogP contribution in [0, 0.1) is 5.41 Å². The van der Waals surface area contributed by atoms with Crippen LogP contribution in [0.2, 0.25) is 0 Å². The maximum Gasteiger partial charge on any atom is 0.230 e. The molecule has 26 heavy (non-hydrogen) atoms. The van der Waals surface area contributed by atoms with E-state index in [2.05, 4.69) is 32.3 Å². The van der Waals surface area contributed by atoms with E-state index in [1.807, 2.05) is 21.1 Å². The second kappa shape index (κ2) is 9.39. The van der Waals surface area contributed by atoms with E-state index in [1.54, 1.807) is 4.90 Å². The number of halogens is 1. The number of rotatable bonds is 4. The summed E-state index contributed by atoms with van der Waals surface area (Å²) in [5.41, 5.74) is -0.253. The predicted molar refractivity (Wildman–Crippen MR) is 117 cm³/mol. The van der Waals surface area contributed by atoms with E-state index < -0.39 is 0 Å². The van der Waals surface area contributed by atoms with Gasteiger partial charge in [-0.3, -0.25) is 14.7 Å². The van der Waals surface area contributed by atoms with Gasteiger partial charge in [0.05, 0.1) is 5.41 Å². The van der Waals surface area contributed by atoms with Crippen LogP contribution in [0.5, 0.6) is 0 Å². The van der Waals surface area contributed by atoms with Gasteiger partial charge in [0.2, 0.25) is 5.91 Å². The molecule has 2 aliphatic heterocycles. The van der Waals surface area contributed by atoms with Crippen LogP contribution in [0.25, 0.3) is 0 Å². The van der Waals surface area contributed by atoms with Gasteiger partial charge in [-0.15, -0.1) is 24.0 Å². The van der Waals surface area contributed by atoms with Gasteiger partial charge in [-0.25, -0.2) is 0 Å². The Balaban J connectivity index is 0.00000243. The SMILES string of the molecule is CN=C(NCC1(C(=O)N(C)C)CCCC1)N1CCC(N2CC=CC2)C1.I. The number of guanidine groups is 1. The summed E-state index contributed by atoms with van der Waals surface area (Å²) >= 11 is 0. The fourth-order valence-electron chi connectivity index (χ4n) is 4.60. The van der Waals surface area contributed by atoms with E-state index in [4.69, 9.17) is 0 Å². The Hall–Kier alpha value is -0.830. The third-order valence-corrected chi connectivity index (χ3v) is 6.04. The third-order valence-electron chi connectivity index (χ3n) is 6.04. The molecule has 0 aromatic heterocycles. The number of amides is 1. The number of hydrogen-bond acceptors (Lipinski definition) is 3. The number of carbonyl (C=O) groups excluding carboxylic acids is 1. The summed E-state index contributed by atoms with van der Waals surface area (Å²) in [4.78, 5) is 23.9. The number of nitrogens with one attached hydrogen (secondary N) is 1. The van der Waals surface area contributed by atoms with Crippen LogP contribution in [0.3, 0.4) is 0 Å². The van der Waals surface area contributed by atoms with Gasteiger partial charge in [0.15, 0.2) is 5.96 Å². The molecule has 3 rings (SSSR count). The summed E-state index contributed by atoms with van der Waals surface area (Å²) < 4.78 is 0. The highest BCUT2D eigenvalue weighted by Gasteiger charge is 2.42. The molecule has 148 valence electrons. The number of aliphatic imine (C=N–C) groups is 1. The molecule has 0 radical (unpaired) electrons. The molecule has 0 aromatic rings. The topological polar surface area (TPSA) is 51.2 Å². The molecule has 3 aliphatic rings. The Morgan fingerprint density at radius 1 is 1.27 bits per heavy atom. The lowest BCUT2D eigenvalue weighted by Crippen LogP contribution is -2.50. The standard InChI is InChI=1S/C19H33N5O.HI/c1-20-18(24-13-8-16(14-24)23-11-6-7-12-23)21-15-19(9-4-5-10-19)17(25)22(2)3;/h6-7,16H,4-5,8-15H2,1-3H3,(H,20,21);1H. The van der Waals surface area contributed by atoms with Gasteiger partial charge in [-0.05, 0) is 19.3 Å². The van der Waals surface area contributed by atoms with E-state index in [0.717, 1.165) is 57.8 Å². The molecule has 1 aliphatic carbocycles. The largest absolute Gasteiger partial charge is 0.355 e. The van der Waals surface area contributed by atoms with Crippen LogP contribution >= 0.6 is 24.0 Å². The first kappa shape index (κ1) is 21.5. The molecule has 1 saturated heterocycles. The molecule has 0 aromatic carbocycles. The lowest BCUT2D eigenvalue weighted by Gasteiger charge is -2.33. The molecule has 1 N–H and O–H groups in total. The van der Waals surface area contributed by atoms with Crippen molar-refractivity contribution in [1.82, 2.24) is 20.0 Å². The molecule has 2 heterocycles. The van der Waals surface area contributed by atoms with Crippen LogP contribution < -0.4 is 5.32 Å². The third kappa shape index (κ3) is 4.52. The van der Waals surface area contributed by atoms with E-state index >= 15 is 0 Å². The van der Waals surface area contributed by atoms with Crippen molar-refractivity contribution in [3.8, 4) is 0 Å². The van der Waals surface area contributed by atoms with Gasteiger partial charge in [0.1, 0.15) is 0 Å². The molecule has 1 unspecified atom stereocenters. The van der Waals surface area contributed by atoms with Crippen LogP contribution in [0.1, 0.15) is 32.1 Å². The van der Waals surface area contributed by atoms with Gasteiger partial charge in [0, 0.05) is 59.9 Å². The second-order valence-electron chi connectivity index (χ2n) is 7.90. The number of carbonyl (C=O) groups is 1. The molecule has 2 fully saturated rings. The first-order valence-corrected chi connectivity index (χ1v) is 9.62. The van der Waals surface area contributed by atoms with Crippen LogP contribution in [-0.2, 0) is 4.79 Å². The zero-order valence-electron chi connectivity index (χ0n) is 16.4. The summed E-state index contributed by atoms with van der Waals surface area (Å²) in [5, 5.41) is 3.54. The Kier molecular flexibility index (Phi) is 7.76. The van der Waals surface area contributed by atoms with Crippen molar-refractivity contribution < 1.29 is 4.79 Å². The van der Waals surface area contributed by atoms with Crippen molar-refractivity contribution in [2.75, 3.05) is 53.9 Å². The van der Waals surface area contributed by atoms with E-state index in [1.165, 1.54) is 6.42 Å². The number of nitrogens with zero attached hydrogens (tertiary/aromatic N) is 4. The van der Waals surface area contributed by atoms with Crippen LogP contribution in [-0.4, -0.2) is 86.5 Å². The van der Waals surface area contributed by atoms with E-state index in [-0.39, 0.29) is 35.3 Å². The molecular formula is C19H34IN5O. The van der Waals surface area contributed by atoms with E-state index in [9.17, 15) is 4.79 Å². The van der Waals surface area contributed by atoms with Crippen LogP contribution in [0.4, 0.5) is 0 Å². The molecule has 0 bridgehead atoms. The molecule has 6 nitrogen and oxygen atoms in total. The van der Waals surface area contributed by atoms with Gasteiger partial charge >= 0.3 is 0 Å². The van der Waals surface area contributed by atoms with Crippen LogP contribution in [0.15, 0.2) is 17.1 Å². The van der Waals surface area contributed by atoms with Crippen molar-refractivity contribution in [2.45, 2.75) is 38.1 Å². The highest BCUT2D eigenvalue weighted by atomic mass is 127. The number of likely N-dealkylation sites (tertiary alicyclic amines) is 1. The smallest absolute Gasteiger partial charge is 0.230 e. The van der Waals surface area contributed by atoms with Crippen molar-refractivity contribution in [1.29, 1.82) is 0 Å². The van der Waals surface area contributed by atoms with Gasteiger partial charge in [-0.1, -0.05) is 25.0 Å². The fraction of sp³-hybridized carbons (Fsp3) is 0.789. The lowest BCUT2D eigenvalue weighted by molar-refractivity contribution is -0.138. The van der Waals surface area contributed by atoms with Gasteiger partial charge in [-0.2, -0.15) is 0 Å². The normalized spacial score (nSPS) is 25.4. The predicted octanol–water partition coefficient (Wildman–Crippen LogP) is 1.77. The highest BCUT2D eigenvalue weighted by molar-refractivity contribution is 14.0. The molecule has 1 amide bonds. The first-order valence-electron chi connectivity index (χ1n) is 9.62. The minimum atomic E-state index is -0.253. The minimum Gasteiger partial charge on any atom is -0.355 e. The fourth-order valence-corrected chi connectivity index (χ4v) is 4.60. The van der Waals surface area contributed by atoms with Crippen molar-refractivity contribution in [2.24, 2.45) is 10.4 Å². The second-order valence-corrected chi connectivity index (χ2v) is 7.90. The monoisotopic (exact) mass is 475 g/mol. The average Bonchev–Trinajstić information content (AvgIpc) is 3.35. The zero-order valence-corrected chi connectivity index (χ0v) is 18.7. The minimum absolute atomic E-state index is 0. The Morgan fingerprint density at radius 2 is 1.92 bits per heavy atom. The molecule has 1 saturated carbocycles. The summed E-state index contributed by atoms with van der Waals surface area (Å²) in [5.74, 6) is 1.21. The summed E-state index contributed by atoms with van der Waals surface area (Å²) in [6, 6.07) is 0.609. The lowest BCUT2D eigenvalue weighted by atomic mass is 9.84. The van der Waals surface area contributed by atoms with Crippen molar-refractivity contribution in [3.63, 3.8) is 0 Å². The van der Waals surface area contributed by atoms with Crippen molar-refractivity contribution >= 4 is 35.8 Å². The quantitative estimate of drug-likeness (QED) is 0.292. The zero-order chi connectivity index (χ0) is 17.9. The molecule has 1 atom stereocenters. The maximum absolute atomic E-state index is 12.7. The Labute approximate surface area is 175 Å². The Bertz CT molecular complexity index is 534. The van der Waals surface area contributed by atoms with E-state index in [0.29, 0.717) is 12.6 Å². The summed E-state index contributed by atoms with van der Waals surface area (Å²) in [6.45, 7) is 4.91. The van der Waals surface area contributed by atoms with Gasteiger partial charge in [0.25, 0.3) is 0 Å². The molecule has 0 spiro atoms. The van der Waals surface area contributed by atoms with Gasteiger partial charge < -0.3 is 15.1 Å².